The van der Waals surface area contributed by atoms with Crippen molar-refractivity contribution in [1.82, 2.24) is 0 Å². The molecule has 0 atom stereocenters. The molecule has 5 nitrogen and oxygen atoms in total. The number of benzene rings is 1. The van der Waals surface area contributed by atoms with E-state index in [-0.39, 0.29) is 5.91 Å². The highest BCUT2D eigenvalue weighted by Crippen LogP contribution is 2.31. The summed E-state index contributed by atoms with van der Waals surface area (Å²) < 4.78 is 10.7. The van der Waals surface area contributed by atoms with E-state index in [1.807, 2.05) is 32.0 Å². The highest BCUT2D eigenvalue weighted by Gasteiger charge is 2.17. The van der Waals surface area contributed by atoms with Gasteiger partial charge in [-0.1, -0.05) is 13.8 Å². The zero-order valence-electron chi connectivity index (χ0n) is 13.0. The Morgan fingerprint density at radius 2 is 2.10 bits per heavy atom. The molecule has 1 aromatic carbocycles. The molecule has 0 aromatic heterocycles. The predicted molar refractivity (Wildman–Crippen MR) is 84.1 cm³/mol. The maximum absolute atomic E-state index is 12.1. The van der Waals surface area contributed by atoms with Crippen LogP contribution in [0.5, 0.6) is 5.75 Å². The van der Waals surface area contributed by atoms with Gasteiger partial charge in [-0.3, -0.25) is 4.79 Å². The number of rotatable bonds is 5. The minimum absolute atomic E-state index is 0.0350. The van der Waals surface area contributed by atoms with Crippen LogP contribution in [-0.4, -0.2) is 39.3 Å². The summed E-state index contributed by atoms with van der Waals surface area (Å²) in [5.74, 6) is 1.11. The van der Waals surface area contributed by atoms with Gasteiger partial charge in [0, 0.05) is 25.6 Å². The van der Waals surface area contributed by atoms with Crippen LogP contribution in [0.15, 0.2) is 18.2 Å². The molecular weight excluding hydrogens is 268 g/mol. The number of ether oxygens (including phenoxy) is 2. The first-order valence-corrected chi connectivity index (χ1v) is 7.40. The molecule has 0 radical (unpaired) electrons. The number of hydrogen-bond donors (Lipinski definition) is 1. The standard InChI is InChI=1S/C16H24N2O3/c1-12(2)10-16(19)17-14-11-13(20-3)4-5-15(14)18-6-8-21-9-7-18/h4-5,11-12H,6-10H2,1-3H3,(H,17,19). The maximum Gasteiger partial charge on any atom is 0.224 e. The number of anilines is 2. The van der Waals surface area contributed by atoms with E-state index < -0.39 is 0 Å². The zero-order chi connectivity index (χ0) is 15.2. The molecule has 1 heterocycles. The van der Waals surface area contributed by atoms with Crippen molar-refractivity contribution in [2.24, 2.45) is 5.92 Å². The average Bonchev–Trinajstić information content (AvgIpc) is 2.47. The molecule has 5 heteroatoms. The van der Waals surface area contributed by atoms with E-state index in [1.165, 1.54) is 0 Å². The third-order valence-electron chi connectivity index (χ3n) is 3.42. The molecule has 1 fully saturated rings. The van der Waals surface area contributed by atoms with Gasteiger partial charge in [-0.15, -0.1) is 0 Å². The Bertz CT molecular complexity index is 482. The van der Waals surface area contributed by atoms with Crippen LogP contribution < -0.4 is 15.0 Å². The van der Waals surface area contributed by atoms with Gasteiger partial charge in [-0.05, 0) is 18.1 Å². The van der Waals surface area contributed by atoms with Crippen LogP contribution in [0.1, 0.15) is 20.3 Å². The van der Waals surface area contributed by atoms with E-state index in [0.717, 1.165) is 30.2 Å². The van der Waals surface area contributed by atoms with Crippen molar-refractivity contribution in [2.75, 3.05) is 43.6 Å². The zero-order valence-corrected chi connectivity index (χ0v) is 13.0. The van der Waals surface area contributed by atoms with E-state index in [4.69, 9.17) is 9.47 Å². The maximum atomic E-state index is 12.1. The summed E-state index contributed by atoms with van der Waals surface area (Å²) in [6.07, 6.45) is 0.514. The van der Waals surface area contributed by atoms with Crippen LogP contribution in [0, 0.1) is 5.92 Å². The predicted octanol–water partition coefficient (Wildman–Crippen LogP) is 2.52. The van der Waals surface area contributed by atoms with Crippen LogP contribution in [0.4, 0.5) is 11.4 Å². The molecule has 1 aliphatic rings. The molecule has 1 amide bonds. The lowest BCUT2D eigenvalue weighted by molar-refractivity contribution is -0.116. The highest BCUT2D eigenvalue weighted by molar-refractivity contribution is 5.94. The molecule has 0 saturated carbocycles. The Morgan fingerprint density at radius 3 is 2.71 bits per heavy atom. The normalized spacial score (nSPS) is 15.1. The van der Waals surface area contributed by atoms with Crippen LogP contribution in [-0.2, 0) is 9.53 Å². The minimum atomic E-state index is 0.0350. The van der Waals surface area contributed by atoms with Gasteiger partial charge in [0.15, 0.2) is 0 Å². The number of morpholine rings is 1. The lowest BCUT2D eigenvalue weighted by atomic mass is 10.1. The first-order chi connectivity index (χ1) is 10.1. The van der Waals surface area contributed by atoms with Crippen molar-refractivity contribution >= 4 is 17.3 Å². The summed E-state index contributed by atoms with van der Waals surface area (Å²) in [5.41, 5.74) is 1.83. The number of nitrogens with one attached hydrogen (secondary N) is 1. The van der Waals surface area contributed by atoms with Crippen molar-refractivity contribution in [3.05, 3.63) is 18.2 Å². The SMILES string of the molecule is COc1ccc(N2CCOCC2)c(NC(=O)CC(C)C)c1. The lowest BCUT2D eigenvalue weighted by Gasteiger charge is -2.30. The Labute approximate surface area is 126 Å². The van der Waals surface area contributed by atoms with E-state index in [2.05, 4.69) is 10.2 Å². The highest BCUT2D eigenvalue weighted by atomic mass is 16.5. The third-order valence-corrected chi connectivity index (χ3v) is 3.42. The Hall–Kier alpha value is -1.75. The van der Waals surface area contributed by atoms with Crippen LogP contribution >= 0.6 is 0 Å². The fraction of sp³-hybridized carbons (Fsp3) is 0.562. The fourth-order valence-electron chi connectivity index (χ4n) is 2.39. The summed E-state index contributed by atoms with van der Waals surface area (Å²) >= 11 is 0. The monoisotopic (exact) mass is 292 g/mol. The summed E-state index contributed by atoms with van der Waals surface area (Å²) in [6.45, 7) is 7.16. The number of nitrogens with zero attached hydrogens (tertiary/aromatic N) is 1. The lowest BCUT2D eigenvalue weighted by Crippen LogP contribution is -2.36. The number of methoxy groups -OCH3 is 1. The van der Waals surface area contributed by atoms with Gasteiger partial charge in [-0.25, -0.2) is 0 Å². The Morgan fingerprint density at radius 1 is 1.38 bits per heavy atom. The van der Waals surface area contributed by atoms with Crippen LogP contribution in [0.25, 0.3) is 0 Å². The molecule has 0 aliphatic carbocycles. The third kappa shape index (κ3) is 4.36. The summed E-state index contributed by atoms with van der Waals surface area (Å²) in [4.78, 5) is 14.3. The second-order valence-corrected chi connectivity index (χ2v) is 5.63. The van der Waals surface area contributed by atoms with Gasteiger partial charge in [-0.2, -0.15) is 0 Å². The van der Waals surface area contributed by atoms with Crippen molar-refractivity contribution in [3.63, 3.8) is 0 Å². The van der Waals surface area contributed by atoms with Crippen molar-refractivity contribution in [1.29, 1.82) is 0 Å². The van der Waals surface area contributed by atoms with Gasteiger partial charge in [0.25, 0.3) is 0 Å². The molecule has 1 aliphatic heterocycles. The van der Waals surface area contributed by atoms with Crippen molar-refractivity contribution < 1.29 is 14.3 Å². The number of hydrogen-bond acceptors (Lipinski definition) is 4. The molecule has 1 aromatic rings. The second kappa shape index (κ2) is 7.31. The average molecular weight is 292 g/mol. The van der Waals surface area contributed by atoms with Gasteiger partial charge >= 0.3 is 0 Å². The van der Waals surface area contributed by atoms with Gasteiger partial charge in [0.1, 0.15) is 5.75 Å². The summed E-state index contributed by atoms with van der Waals surface area (Å²) in [5, 5.41) is 3.01. The molecule has 0 spiro atoms. The summed E-state index contributed by atoms with van der Waals surface area (Å²) in [7, 11) is 1.63. The van der Waals surface area contributed by atoms with E-state index >= 15 is 0 Å². The molecule has 0 unspecified atom stereocenters. The molecule has 1 saturated heterocycles. The Balaban J connectivity index is 2.20. The second-order valence-electron chi connectivity index (χ2n) is 5.63. The number of carbonyl (C=O) groups is 1. The molecule has 21 heavy (non-hydrogen) atoms. The first-order valence-electron chi connectivity index (χ1n) is 7.40. The van der Waals surface area contributed by atoms with Gasteiger partial charge in [0.2, 0.25) is 5.91 Å². The molecule has 1 N–H and O–H groups in total. The largest absolute Gasteiger partial charge is 0.497 e. The quantitative estimate of drug-likeness (QED) is 0.906. The topological polar surface area (TPSA) is 50.8 Å². The molecule has 2 rings (SSSR count). The first kappa shape index (κ1) is 15.6. The smallest absolute Gasteiger partial charge is 0.224 e. The van der Waals surface area contributed by atoms with Gasteiger partial charge < -0.3 is 19.7 Å². The van der Waals surface area contributed by atoms with E-state index in [1.54, 1.807) is 7.11 Å². The fourth-order valence-corrected chi connectivity index (χ4v) is 2.39. The van der Waals surface area contributed by atoms with E-state index in [9.17, 15) is 4.79 Å². The minimum Gasteiger partial charge on any atom is -0.497 e. The number of amides is 1. The Kier molecular flexibility index (Phi) is 5.44. The van der Waals surface area contributed by atoms with Crippen molar-refractivity contribution in [3.8, 4) is 5.75 Å². The van der Waals surface area contributed by atoms with Crippen LogP contribution in [0.2, 0.25) is 0 Å². The van der Waals surface area contributed by atoms with Gasteiger partial charge in [0.05, 0.1) is 31.7 Å². The summed E-state index contributed by atoms with van der Waals surface area (Å²) in [6, 6.07) is 5.79. The van der Waals surface area contributed by atoms with Crippen molar-refractivity contribution in [2.45, 2.75) is 20.3 Å². The van der Waals surface area contributed by atoms with E-state index in [0.29, 0.717) is 25.6 Å². The number of carbonyl (C=O) groups excluding carboxylic acids is 1. The van der Waals surface area contributed by atoms with Crippen LogP contribution in [0.3, 0.4) is 0 Å². The molecule has 116 valence electrons. The molecular formula is C16H24N2O3. The molecule has 0 bridgehead atoms.